The number of rotatable bonds is 5. The molecular weight excluding hydrogens is 236 g/mol. The summed E-state index contributed by atoms with van der Waals surface area (Å²) in [6, 6.07) is 10.1. The number of hydrogen-bond donors (Lipinski definition) is 1. The van der Waals surface area contributed by atoms with E-state index in [9.17, 15) is 4.79 Å². The fraction of sp³-hybridized carbons (Fsp3) is 0.500. The lowest BCUT2D eigenvalue weighted by atomic mass is 10.0. The summed E-state index contributed by atoms with van der Waals surface area (Å²) in [6.45, 7) is 2.18. The van der Waals surface area contributed by atoms with Crippen molar-refractivity contribution < 1.29 is 4.79 Å². The van der Waals surface area contributed by atoms with Gasteiger partial charge in [-0.2, -0.15) is 5.10 Å². The molecule has 1 saturated carbocycles. The van der Waals surface area contributed by atoms with Crippen molar-refractivity contribution in [1.29, 1.82) is 0 Å². The Kier molecular flexibility index (Phi) is 5.13. The molecule has 1 aliphatic carbocycles. The van der Waals surface area contributed by atoms with Crippen molar-refractivity contribution in [2.24, 2.45) is 11.0 Å². The van der Waals surface area contributed by atoms with Gasteiger partial charge in [0.2, 0.25) is 5.91 Å². The van der Waals surface area contributed by atoms with Crippen LogP contribution in [0.15, 0.2) is 35.4 Å². The van der Waals surface area contributed by atoms with Gasteiger partial charge in [0.1, 0.15) is 0 Å². The van der Waals surface area contributed by atoms with E-state index in [4.69, 9.17) is 0 Å². The number of amides is 1. The molecule has 19 heavy (non-hydrogen) atoms. The van der Waals surface area contributed by atoms with E-state index in [1.54, 1.807) is 0 Å². The molecule has 1 aromatic carbocycles. The summed E-state index contributed by atoms with van der Waals surface area (Å²) in [5, 5.41) is 4.30. The van der Waals surface area contributed by atoms with Crippen LogP contribution in [0, 0.1) is 5.92 Å². The number of nitrogens with one attached hydrogen (secondary N) is 1. The number of nitrogens with zero attached hydrogens (tertiary/aromatic N) is 1. The van der Waals surface area contributed by atoms with Crippen LogP contribution in [0.4, 0.5) is 0 Å². The van der Waals surface area contributed by atoms with Gasteiger partial charge in [-0.25, -0.2) is 5.43 Å². The molecule has 102 valence electrons. The molecule has 0 radical (unpaired) electrons. The predicted molar refractivity (Wildman–Crippen MR) is 78.0 cm³/mol. The first-order valence-electron chi connectivity index (χ1n) is 7.18. The number of carbonyl (C=O) groups excluding carboxylic acids is 1. The van der Waals surface area contributed by atoms with Crippen LogP contribution in [0.1, 0.15) is 44.6 Å². The van der Waals surface area contributed by atoms with Crippen molar-refractivity contribution in [2.75, 3.05) is 0 Å². The van der Waals surface area contributed by atoms with E-state index < -0.39 is 0 Å². The number of benzene rings is 1. The van der Waals surface area contributed by atoms with Crippen LogP contribution in [-0.4, -0.2) is 11.6 Å². The molecule has 1 fully saturated rings. The Morgan fingerprint density at radius 2 is 2.16 bits per heavy atom. The number of aryl methyl sites for hydroxylation is 1. The zero-order chi connectivity index (χ0) is 13.5. The van der Waals surface area contributed by atoms with Gasteiger partial charge in [0.25, 0.3) is 0 Å². The summed E-state index contributed by atoms with van der Waals surface area (Å²) in [4.78, 5) is 11.7. The Morgan fingerprint density at radius 3 is 2.89 bits per heavy atom. The molecule has 0 bridgehead atoms. The standard InChI is InChI=1S/C16H22N2O/c1-2-14-9-6-10-15(14)17-18-16(19)12-11-13-7-4-3-5-8-13/h3-5,7-8,14H,2,6,9-12H2,1H3,(H,18,19)/b17-15+/t14-/m0/s1. The minimum atomic E-state index is 0.0121. The third kappa shape index (κ3) is 4.19. The van der Waals surface area contributed by atoms with E-state index in [-0.39, 0.29) is 5.91 Å². The number of hydrazone groups is 1. The maximum Gasteiger partial charge on any atom is 0.240 e. The van der Waals surface area contributed by atoms with E-state index >= 15 is 0 Å². The number of hydrogen-bond acceptors (Lipinski definition) is 2. The molecule has 1 N–H and O–H groups in total. The summed E-state index contributed by atoms with van der Waals surface area (Å²) in [5.74, 6) is 0.590. The van der Waals surface area contributed by atoms with Crippen LogP contribution in [-0.2, 0) is 11.2 Å². The quantitative estimate of drug-likeness (QED) is 0.809. The Balaban J connectivity index is 1.77. The van der Waals surface area contributed by atoms with Crippen molar-refractivity contribution in [1.82, 2.24) is 5.43 Å². The summed E-state index contributed by atoms with van der Waals surface area (Å²) in [5.41, 5.74) is 5.08. The summed E-state index contributed by atoms with van der Waals surface area (Å²) in [7, 11) is 0. The minimum Gasteiger partial charge on any atom is -0.273 e. The molecule has 0 spiro atoms. The average molecular weight is 258 g/mol. The largest absolute Gasteiger partial charge is 0.273 e. The Bertz CT molecular complexity index is 439. The van der Waals surface area contributed by atoms with Gasteiger partial charge in [-0.05, 0) is 43.6 Å². The van der Waals surface area contributed by atoms with Crippen molar-refractivity contribution in [3.05, 3.63) is 35.9 Å². The molecule has 3 heteroatoms. The second-order valence-corrected chi connectivity index (χ2v) is 5.12. The molecule has 0 heterocycles. The molecule has 0 aliphatic heterocycles. The van der Waals surface area contributed by atoms with Crippen molar-refractivity contribution >= 4 is 11.6 Å². The second-order valence-electron chi connectivity index (χ2n) is 5.12. The van der Waals surface area contributed by atoms with E-state index in [0.29, 0.717) is 12.3 Å². The summed E-state index contributed by atoms with van der Waals surface area (Å²) in [6.07, 6.45) is 5.86. The molecule has 1 amide bonds. The fourth-order valence-corrected chi connectivity index (χ4v) is 2.58. The first-order chi connectivity index (χ1) is 9.29. The van der Waals surface area contributed by atoms with Crippen LogP contribution in [0.3, 0.4) is 0 Å². The summed E-state index contributed by atoms with van der Waals surface area (Å²) < 4.78 is 0. The highest BCUT2D eigenvalue weighted by atomic mass is 16.2. The molecular formula is C16H22N2O. The maximum absolute atomic E-state index is 11.7. The molecule has 2 rings (SSSR count). The highest BCUT2D eigenvalue weighted by Gasteiger charge is 2.20. The third-order valence-electron chi connectivity index (χ3n) is 3.76. The zero-order valence-electron chi connectivity index (χ0n) is 11.6. The molecule has 0 saturated heterocycles. The maximum atomic E-state index is 11.7. The average Bonchev–Trinajstić information content (AvgIpc) is 2.91. The van der Waals surface area contributed by atoms with E-state index in [0.717, 1.165) is 19.3 Å². The van der Waals surface area contributed by atoms with Gasteiger partial charge in [-0.15, -0.1) is 0 Å². The van der Waals surface area contributed by atoms with Crippen LogP contribution < -0.4 is 5.43 Å². The topological polar surface area (TPSA) is 41.5 Å². The normalized spacial score (nSPS) is 20.7. The third-order valence-corrected chi connectivity index (χ3v) is 3.76. The highest BCUT2D eigenvalue weighted by molar-refractivity contribution is 5.89. The second kappa shape index (κ2) is 7.07. The highest BCUT2D eigenvalue weighted by Crippen LogP contribution is 2.24. The summed E-state index contributed by atoms with van der Waals surface area (Å²) >= 11 is 0. The first kappa shape index (κ1) is 13.8. The van der Waals surface area contributed by atoms with Gasteiger partial charge in [0, 0.05) is 12.1 Å². The number of carbonyl (C=O) groups is 1. The predicted octanol–water partition coefficient (Wildman–Crippen LogP) is 3.30. The Morgan fingerprint density at radius 1 is 1.37 bits per heavy atom. The molecule has 3 nitrogen and oxygen atoms in total. The molecule has 1 aromatic rings. The molecule has 0 aromatic heterocycles. The van der Waals surface area contributed by atoms with Crippen LogP contribution in [0.5, 0.6) is 0 Å². The zero-order valence-corrected chi connectivity index (χ0v) is 11.6. The van der Waals surface area contributed by atoms with Gasteiger partial charge in [0.05, 0.1) is 0 Å². The van der Waals surface area contributed by atoms with Gasteiger partial charge < -0.3 is 0 Å². The Labute approximate surface area is 115 Å². The van der Waals surface area contributed by atoms with Crippen LogP contribution >= 0.6 is 0 Å². The van der Waals surface area contributed by atoms with Gasteiger partial charge in [0.15, 0.2) is 0 Å². The minimum absolute atomic E-state index is 0.0121. The lowest BCUT2D eigenvalue weighted by molar-refractivity contribution is -0.121. The van der Waals surface area contributed by atoms with E-state index in [2.05, 4.69) is 17.5 Å². The van der Waals surface area contributed by atoms with Crippen molar-refractivity contribution in [2.45, 2.75) is 45.4 Å². The van der Waals surface area contributed by atoms with Crippen LogP contribution in [0.25, 0.3) is 0 Å². The SMILES string of the molecule is CC[C@H]1CCC/C1=N\NC(=O)CCc1ccccc1. The Hall–Kier alpha value is -1.64. The molecule has 1 aliphatic rings. The van der Waals surface area contributed by atoms with Crippen molar-refractivity contribution in [3.63, 3.8) is 0 Å². The smallest absolute Gasteiger partial charge is 0.240 e. The lowest BCUT2D eigenvalue weighted by Crippen LogP contribution is -2.21. The van der Waals surface area contributed by atoms with Gasteiger partial charge >= 0.3 is 0 Å². The first-order valence-corrected chi connectivity index (χ1v) is 7.18. The lowest BCUT2D eigenvalue weighted by Gasteiger charge is -2.07. The van der Waals surface area contributed by atoms with Gasteiger partial charge in [-0.1, -0.05) is 37.3 Å². The van der Waals surface area contributed by atoms with Crippen LogP contribution in [0.2, 0.25) is 0 Å². The molecule has 1 atom stereocenters. The van der Waals surface area contributed by atoms with Crippen molar-refractivity contribution in [3.8, 4) is 0 Å². The monoisotopic (exact) mass is 258 g/mol. The molecule has 0 unspecified atom stereocenters. The van der Waals surface area contributed by atoms with E-state index in [1.807, 2.05) is 30.3 Å². The van der Waals surface area contributed by atoms with Gasteiger partial charge in [-0.3, -0.25) is 4.79 Å². The fourth-order valence-electron chi connectivity index (χ4n) is 2.58. The van der Waals surface area contributed by atoms with E-state index in [1.165, 1.54) is 24.1 Å².